The molecular weight excluding hydrogens is 182 g/mol. The molecule has 4 heteroatoms. The van der Waals surface area contributed by atoms with Crippen LogP contribution < -0.4 is 5.73 Å². The third-order valence-corrected chi connectivity index (χ3v) is 2.33. The highest BCUT2D eigenvalue weighted by Crippen LogP contribution is 2.23. The standard InChI is InChI=1S/C10H11NO3/c11-9(4-12)6-1-2-8-7(3-6)5-14-10(8)13/h1-3,9,12H,4-5,11H2/t9-/m0/s1. The van der Waals surface area contributed by atoms with Gasteiger partial charge < -0.3 is 15.6 Å². The quantitative estimate of drug-likeness (QED) is 0.665. The summed E-state index contributed by atoms with van der Waals surface area (Å²) in [6, 6.07) is 4.85. The molecule has 4 nitrogen and oxygen atoms in total. The van der Waals surface area contributed by atoms with Crippen molar-refractivity contribution in [2.45, 2.75) is 12.6 Å². The number of hydrogen-bond donors (Lipinski definition) is 2. The molecule has 1 atom stereocenters. The second-order valence-electron chi connectivity index (χ2n) is 3.28. The number of carbonyl (C=O) groups excluding carboxylic acids is 1. The van der Waals surface area contributed by atoms with E-state index in [2.05, 4.69) is 0 Å². The first-order valence-electron chi connectivity index (χ1n) is 4.38. The van der Waals surface area contributed by atoms with Crippen molar-refractivity contribution in [3.05, 3.63) is 34.9 Å². The molecule has 1 heterocycles. The van der Waals surface area contributed by atoms with Crippen LogP contribution in [0, 0.1) is 0 Å². The van der Waals surface area contributed by atoms with Gasteiger partial charge in [0.05, 0.1) is 18.2 Å². The van der Waals surface area contributed by atoms with Crippen LogP contribution >= 0.6 is 0 Å². The maximum atomic E-state index is 11.1. The Hall–Kier alpha value is -1.39. The van der Waals surface area contributed by atoms with Crippen LogP contribution in [0.2, 0.25) is 0 Å². The number of cyclic esters (lactones) is 1. The predicted octanol–water partition coefficient (Wildman–Crippen LogP) is 0.349. The lowest BCUT2D eigenvalue weighted by molar-refractivity contribution is 0.0535. The van der Waals surface area contributed by atoms with Crippen LogP contribution in [0.3, 0.4) is 0 Å². The molecule has 2 rings (SSSR count). The number of nitrogens with two attached hydrogens (primary N) is 1. The summed E-state index contributed by atoms with van der Waals surface area (Å²) in [7, 11) is 0. The van der Waals surface area contributed by atoms with Crippen molar-refractivity contribution in [1.82, 2.24) is 0 Å². The maximum Gasteiger partial charge on any atom is 0.338 e. The van der Waals surface area contributed by atoms with Crippen LogP contribution in [0.25, 0.3) is 0 Å². The van der Waals surface area contributed by atoms with Gasteiger partial charge in [0.25, 0.3) is 0 Å². The lowest BCUT2D eigenvalue weighted by atomic mass is 10.0. The average Bonchev–Trinajstić information content (AvgIpc) is 2.59. The van der Waals surface area contributed by atoms with Gasteiger partial charge in [0.15, 0.2) is 0 Å². The molecule has 1 aromatic rings. The molecule has 14 heavy (non-hydrogen) atoms. The van der Waals surface area contributed by atoms with Crippen molar-refractivity contribution in [2.75, 3.05) is 6.61 Å². The molecule has 0 aliphatic carbocycles. The van der Waals surface area contributed by atoms with Gasteiger partial charge in [-0.25, -0.2) is 4.79 Å². The fourth-order valence-electron chi connectivity index (χ4n) is 1.49. The smallest absolute Gasteiger partial charge is 0.338 e. The van der Waals surface area contributed by atoms with Gasteiger partial charge in [0.2, 0.25) is 0 Å². The van der Waals surface area contributed by atoms with Gasteiger partial charge in [0, 0.05) is 5.56 Å². The van der Waals surface area contributed by atoms with Gasteiger partial charge in [-0.2, -0.15) is 0 Å². The third kappa shape index (κ3) is 1.38. The molecule has 0 bridgehead atoms. The molecule has 0 fully saturated rings. The number of benzene rings is 1. The molecule has 74 valence electrons. The van der Waals surface area contributed by atoms with Gasteiger partial charge >= 0.3 is 5.97 Å². The van der Waals surface area contributed by atoms with E-state index < -0.39 is 6.04 Å². The first-order chi connectivity index (χ1) is 6.72. The Morgan fingerprint density at radius 1 is 1.57 bits per heavy atom. The Bertz CT molecular complexity index is 376. The van der Waals surface area contributed by atoms with Crippen molar-refractivity contribution >= 4 is 5.97 Å². The van der Waals surface area contributed by atoms with E-state index in [-0.39, 0.29) is 12.6 Å². The number of hydrogen-bond acceptors (Lipinski definition) is 4. The van der Waals surface area contributed by atoms with Crippen LogP contribution in [0.15, 0.2) is 18.2 Å². The summed E-state index contributed by atoms with van der Waals surface area (Å²) in [5.41, 5.74) is 7.91. The number of carbonyl (C=O) groups is 1. The first-order valence-corrected chi connectivity index (χ1v) is 4.38. The summed E-state index contributed by atoms with van der Waals surface area (Å²) < 4.78 is 4.85. The van der Waals surface area contributed by atoms with E-state index >= 15 is 0 Å². The minimum atomic E-state index is -0.393. The van der Waals surface area contributed by atoms with Crippen LogP contribution in [-0.2, 0) is 11.3 Å². The second-order valence-corrected chi connectivity index (χ2v) is 3.28. The summed E-state index contributed by atoms with van der Waals surface area (Å²) in [5, 5.41) is 8.87. The summed E-state index contributed by atoms with van der Waals surface area (Å²) >= 11 is 0. The lowest BCUT2D eigenvalue weighted by Crippen LogP contribution is -2.14. The third-order valence-electron chi connectivity index (χ3n) is 2.33. The molecule has 0 saturated carbocycles. The van der Waals surface area contributed by atoms with E-state index in [1.165, 1.54) is 0 Å². The van der Waals surface area contributed by atoms with Crippen molar-refractivity contribution in [3.8, 4) is 0 Å². The van der Waals surface area contributed by atoms with Gasteiger partial charge in [-0.3, -0.25) is 0 Å². The molecule has 0 amide bonds. The van der Waals surface area contributed by atoms with Crippen molar-refractivity contribution in [2.24, 2.45) is 5.73 Å². The highest BCUT2D eigenvalue weighted by Gasteiger charge is 2.21. The topological polar surface area (TPSA) is 72.6 Å². The van der Waals surface area contributed by atoms with Crippen LogP contribution in [0.4, 0.5) is 0 Å². The molecule has 1 aliphatic heterocycles. The zero-order valence-electron chi connectivity index (χ0n) is 7.56. The highest BCUT2D eigenvalue weighted by molar-refractivity contribution is 5.93. The van der Waals surface area contributed by atoms with E-state index in [1.54, 1.807) is 18.2 Å². The molecule has 0 unspecified atom stereocenters. The largest absolute Gasteiger partial charge is 0.457 e. The van der Waals surface area contributed by atoms with E-state index in [9.17, 15) is 4.79 Å². The zero-order valence-corrected chi connectivity index (χ0v) is 7.56. The zero-order chi connectivity index (χ0) is 10.1. The SMILES string of the molecule is N[C@@H](CO)c1ccc2c(c1)COC2=O. The fourth-order valence-corrected chi connectivity index (χ4v) is 1.49. The molecule has 0 saturated heterocycles. The fraction of sp³-hybridized carbons (Fsp3) is 0.300. The molecule has 1 aliphatic rings. The van der Waals surface area contributed by atoms with E-state index in [0.29, 0.717) is 12.2 Å². The summed E-state index contributed by atoms with van der Waals surface area (Å²) in [6.07, 6.45) is 0. The van der Waals surface area contributed by atoms with E-state index in [1.807, 2.05) is 0 Å². The Morgan fingerprint density at radius 3 is 3.07 bits per heavy atom. The highest BCUT2D eigenvalue weighted by atomic mass is 16.5. The Morgan fingerprint density at radius 2 is 2.36 bits per heavy atom. The second kappa shape index (κ2) is 3.40. The molecule has 0 radical (unpaired) electrons. The first kappa shape index (κ1) is 9.18. The molecule has 1 aromatic carbocycles. The molecule has 3 N–H and O–H groups in total. The predicted molar refractivity (Wildman–Crippen MR) is 49.6 cm³/mol. The Balaban J connectivity index is 2.37. The van der Waals surface area contributed by atoms with Crippen LogP contribution in [-0.4, -0.2) is 17.7 Å². The summed E-state index contributed by atoms with van der Waals surface area (Å²) in [5.74, 6) is -0.288. The number of fused-ring (bicyclic) bond motifs is 1. The number of aliphatic hydroxyl groups is 1. The minimum absolute atomic E-state index is 0.104. The van der Waals surface area contributed by atoms with Crippen molar-refractivity contribution in [1.29, 1.82) is 0 Å². The summed E-state index contributed by atoms with van der Waals surface area (Å²) in [4.78, 5) is 11.1. The van der Waals surface area contributed by atoms with Gasteiger partial charge in [0.1, 0.15) is 6.61 Å². The van der Waals surface area contributed by atoms with E-state index in [0.717, 1.165) is 11.1 Å². The Kier molecular flexibility index (Phi) is 2.23. The number of rotatable bonds is 2. The van der Waals surface area contributed by atoms with Gasteiger partial charge in [-0.05, 0) is 17.7 Å². The van der Waals surface area contributed by atoms with Crippen LogP contribution in [0.5, 0.6) is 0 Å². The molecule has 0 spiro atoms. The minimum Gasteiger partial charge on any atom is -0.457 e. The van der Waals surface area contributed by atoms with Gasteiger partial charge in [-0.1, -0.05) is 6.07 Å². The van der Waals surface area contributed by atoms with E-state index in [4.69, 9.17) is 15.6 Å². The molecular formula is C10H11NO3. The van der Waals surface area contributed by atoms with Crippen LogP contribution in [0.1, 0.15) is 27.5 Å². The monoisotopic (exact) mass is 193 g/mol. The lowest BCUT2D eigenvalue weighted by Gasteiger charge is -2.08. The number of esters is 1. The van der Waals surface area contributed by atoms with Gasteiger partial charge in [-0.15, -0.1) is 0 Å². The number of ether oxygens (including phenoxy) is 1. The average molecular weight is 193 g/mol. The van der Waals surface area contributed by atoms with Crippen molar-refractivity contribution < 1.29 is 14.6 Å². The molecule has 0 aromatic heterocycles. The number of aliphatic hydroxyl groups excluding tert-OH is 1. The van der Waals surface area contributed by atoms with Crippen molar-refractivity contribution in [3.63, 3.8) is 0 Å². The Labute approximate surface area is 81.3 Å². The summed E-state index contributed by atoms with van der Waals surface area (Å²) in [6.45, 7) is 0.202. The maximum absolute atomic E-state index is 11.1. The normalized spacial score (nSPS) is 16.3.